The Morgan fingerprint density at radius 3 is 2.72 bits per heavy atom. The van der Waals surface area contributed by atoms with Crippen molar-refractivity contribution in [3.63, 3.8) is 0 Å². The second-order valence-corrected chi connectivity index (χ2v) is 5.52. The molecule has 0 fully saturated rings. The number of aryl methyl sites for hydroxylation is 2. The lowest BCUT2D eigenvalue weighted by molar-refractivity contribution is -0.385. The van der Waals surface area contributed by atoms with Crippen LogP contribution in [0, 0.1) is 24.0 Å². The molecule has 0 aliphatic carbocycles. The van der Waals surface area contributed by atoms with Crippen molar-refractivity contribution in [2.45, 2.75) is 13.8 Å². The molecule has 0 radical (unpaired) electrons. The lowest BCUT2D eigenvalue weighted by Crippen LogP contribution is -2.20. The number of aromatic nitrogens is 6. The summed E-state index contributed by atoms with van der Waals surface area (Å²) < 4.78 is 2.74. The summed E-state index contributed by atoms with van der Waals surface area (Å²) >= 11 is 0. The van der Waals surface area contributed by atoms with Gasteiger partial charge >= 0.3 is 0 Å². The number of benzene rings is 1. The van der Waals surface area contributed by atoms with Crippen LogP contribution in [0.1, 0.15) is 11.4 Å². The Hall–Kier alpha value is -3.69. The van der Waals surface area contributed by atoms with Crippen LogP contribution in [-0.2, 0) is 0 Å². The normalized spacial score (nSPS) is 11.3. The fraction of sp³-hybridized carbons (Fsp3) is 0.133. The number of rotatable bonds is 2. The highest BCUT2D eigenvalue weighted by molar-refractivity contribution is 5.74. The molecule has 0 saturated carbocycles. The van der Waals surface area contributed by atoms with E-state index in [1.54, 1.807) is 32.0 Å². The largest absolute Gasteiger partial charge is 0.285 e. The van der Waals surface area contributed by atoms with Gasteiger partial charge < -0.3 is 0 Å². The van der Waals surface area contributed by atoms with Crippen LogP contribution in [0.3, 0.4) is 0 Å². The van der Waals surface area contributed by atoms with Crippen LogP contribution in [0.15, 0.2) is 35.3 Å². The molecule has 0 amide bonds. The molecular formula is C15H11N7O3. The Morgan fingerprint density at radius 2 is 1.96 bits per heavy atom. The summed E-state index contributed by atoms with van der Waals surface area (Å²) in [5.74, 6) is 0.813. The zero-order chi connectivity index (χ0) is 17.7. The van der Waals surface area contributed by atoms with Crippen LogP contribution in [-0.4, -0.2) is 34.3 Å². The molecule has 0 spiro atoms. The molecular weight excluding hydrogens is 326 g/mol. The fourth-order valence-electron chi connectivity index (χ4n) is 2.65. The monoisotopic (exact) mass is 337 g/mol. The van der Waals surface area contributed by atoms with Crippen LogP contribution < -0.4 is 5.56 Å². The van der Waals surface area contributed by atoms with Crippen LogP contribution >= 0.6 is 0 Å². The SMILES string of the molecule is Cc1nc2nnc3c(=O)n(-c4ccc(C)c([N+](=O)[O-])c4)ccc3n2n1. The van der Waals surface area contributed by atoms with Crippen molar-refractivity contribution in [1.82, 2.24) is 29.4 Å². The standard InChI is InChI=1S/C15H11N7O3/c1-8-3-4-10(7-12(8)22(24)25)20-6-5-11-13(14(20)23)17-18-15-16-9(2)19-21(11)15/h3-7H,1-2H3. The van der Waals surface area contributed by atoms with E-state index in [-0.39, 0.29) is 11.2 Å². The molecule has 0 bridgehead atoms. The maximum absolute atomic E-state index is 12.8. The van der Waals surface area contributed by atoms with Crippen LogP contribution in [0.25, 0.3) is 22.5 Å². The van der Waals surface area contributed by atoms with E-state index in [0.717, 1.165) is 0 Å². The van der Waals surface area contributed by atoms with Crippen molar-refractivity contribution in [3.05, 3.63) is 62.3 Å². The molecule has 3 heterocycles. The minimum Gasteiger partial charge on any atom is -0.282 e. The summed E-state index contributed by atoms with van der Waals surface area (Å²) in [5, 5.41) is 23.2. The van der Waals surface area contributed by atoms with Crippen molar-refractivity contribution in [3.8, 4) is 5.69 Å². The van der Waals surface area contributed by atoms with Gasteiger partial charge in [0.25, 0.3) is 17.0 Å². The van der Waals surface area contributed by atoms with Crippen molar-refractivity contribution in [1.29, 1.82) is 0 Å². The molecule has 3 aromatic heterocycles. The third kappa shape index (κ3) is 2.23. The van der Waals surface area contributed by atoms with E-state index >= 15 is 0 Å². The quantitative estimate of drug-likeness (QED) is 0.400. The van der Waals surface area contributed by atoms with Gasteiger partial charge in [0.2, 0.25) is 0 Å². The molecule has 4 rings (SSSR count). The van der Waals surface area contributed by atoms with Crippen LogP contribution in [0.4, 0.5) is 5.69 Å². The van der Waals surface area contributed by atoms with E-state index in [2.05, 4.69) is 20.3 Å². The Morgan fingerprint density at radius 1 is 1.16 bits per heavy atom. The average molecular weight is 337 g/mol. The Labute approximate surface area is 139 Å². The first-order valence-electron chi connectivity index (χ1n) is 7.32. The highest BCUT2D eigenvalue weighted by atomic mass is 16.6. The van der Waals surface area contributed by atoms with E-state index in [0.29, 0.717) is 28.4 Å². The van der Waals surface area contributed by atoms with Crippen molar-refractivity contribution < 1.29 is 4.92 Å². The number of hydrogen-bond donors (Lipinski definition) is 0. The molecule has 124 valence electrons. The number of nitro benzene ring substituents is 1. The molecule has 0 N–H and O–H groups in total. The molecule has 0 aliphatic heterocycles. The number of fused-ring (bicyclic) bond motifs is 3. The number of nitrogens with zero attached hydrogens (tertiary/aromatic N) is 7. The number of hydrogen-bond acceptors (Lipinski definition) is 7. The van der Waals surface area contributed by atoms with Gasteiger partial charge in [-0.2, -0.15) is 9.50 Å². The average Bonchev–Trinajstić information content (AvgIpc) is 2.96. The van der Waals surface area contributed by atoms with Gasteiger partial charge in [-0.3, -0.25) is 19.5 Å². The van der Waals surface area contributed by atoms with E-state index < -0.39 is 10.5 Å². The molecule has 10 nitrogen and oxygen atoms in total. The van der Waals surface area contributed by atoms with Crippen molar-refractivity contribution in [2.24, 2.45) is 0 Å². The van der Waals surface area contributed by atoms with Gasteiger partial charge in [0.15, 0.2) is 5.52 Å². The zero-order valence-electron chi connectivity index (χ0n) is 13.2. The Kier molecular flexibility index (Phi) is 3.07. The van der Waals surface area contributed by atoms with Gasteiger partial charge in [0.05, 0.1) is 10.6 Å². The highest BCUT2D eigenvalue weighted by Crippen LogP contribution is 2.21. The predicted molar refractivity (Wildman–Crippen MR) is 87.8 cm³/mol. The van der Waals surface area contributed by atoms with Crippen molar-refractivity contribution in [2.75, 3.05) is 0 Å². The molecule has 0 saturated heterocycles. The number of nitro groups is 1. The van der Waals surface area contributed by atoms with Gasteiger partial charge in [0.1, 0.15) is 11.3 Å². The lowest BCUT2D eigenvalue weighted by atomic mass is 10.2. The first-order chi connectivity index (χ1) is 12.0. The topological polar surface area (TPSA) is 121 Å². The van der Waals surface area contributed by atoms with Gasteiger partial charge in [-0.1, -0.05) is 6.07 Å². The predicted octanol–water partition coefficient (Wildman–Crippen LogP) is 1.35. The highest BCUT2D eigenvalue weighted by Gasteiger charge is 2.15. The maximum Gasteiger partial charge on any atom is 0.285 e. The molecule has 0 unspecified atom stereocenters. The first-order valence-corrected chi connectivity index (χ1v) is 7.32. The Bertz CT molecular complexity index is 1230. The molecule has 10 heteroatoms. The first kappa shape index (κ1) is 14.9. The lowest BCUT2D eigenvalue weighted by Gasteiger charge is -2.08. The number of pyridine rings is 1. The zero-order valence-corrected chi connectivity index (χ0v) is 13.2. The van der Waals surface area contributed by atoms with Gasteiger partial charge in [-0.25, -0.2) is 0 Å². The smallest absolute Gasteiger partial charge is 0.282 e. The third-order valence-corrected chi connectivity index (χ3v) is 3.88. The third-order valence-electron chi connectivity index (χ3n) is 3.88. The minimum atomic E-state index is -0.480. The van der Waals surface area contributed by atoms with Crippen LogP contribution in [0.2, 0.25) is 0 Å². The second-order valence-electron chi connectivity index (χ2n) is 5.52. The summed E-state index contributed by atoms with van der Waals surface area (Å²) in [6.45, 7) is 3.35. The fourth-order valence-corrected chi connectivity index (χ4v) is 2.65. The Balaban J connectivity index is 1.99. The second kappa shape index (κ2) is 5.16. The molecule has 1 aromatic carbocycles. The van der Waals surface area contributed by atoms with E-state index in [1.807, 2.05) is 0 Å². The van der Waals surface area contributed by atoms with Crippen LogP contribution in [0.5, 0.6) is 0 Å². The molecule has 4 aromatic rings. The molecule has 0 atom stereocenters. The van der Waals surface area contributed by atoms with Gasteiger partial charge in [-0.15, -0.1) is 15.3 Å². The summed E-state index contributed by atoms with van der Waals surface area (Å²) in [6, 6.07) is 6.24. The maximum atomic E-state index is 12.8. The van der Waals surface area contributed by atoms with E-state index in [1.165, 1.54) is 21.3 Å². The molecule has 25 heavy (non-hydrogen) atoms. The molecule has 0 aliphatic rings. The summed E-state index contributed by atoms with van der Waals surface area (Å²) in [4.78, 5) is 27.5. The van der Waals surface area contributed by atoms with Gasteiger partial charge in [-0.05, 0) is 26.0 Å². The summed E-state index contributed by atoms with van der Waals surface area (Å²) in [7, 11) is 0. The summed E-state index contributed by atoms with van der Waals surface area (Å²) in [6.07, 6.45) is 1.52. The van der Waals surface area contributed by atoms with Crippen molar-refractivity contribution >= 4 is 22.5 Å². The van der Waals surface area contributed by atoms with E-state index in [9.17, 15) is 14.9 Å². The minimum absolute atomic E-state index is 0.0575. The van der Waals surface area contributed by atoms with E-state index in [4.69, 9.17) is 0 Å². The van der Waals surface area contributed by atoms with Gasteiger partial charge in [0, 0.05) is 17.8 Å². The summed E-state index contributed by atoms with van der Waals surface area (Å²) in [5.41, 5.74) is 0.954.